The minimum atomic E-state index is -1.03. The second-order valence-corrected chi connectivity index (χ2v) is 5.24. The third-order valence-corrected chi connectivity index (χ3v) is 3.51. The highest BCUT2D eigenvalue weighted by molar-refractivity contribution is 7.97. The van der Waals surface area contributed by atoms with Crippen molar-refractivity contribution < 1.29 is 19.1 Å². The molecule has 2 N–H and O–H groups in total. The Morgan fingerprint density at radius 1 is 1.47 bits per heavy atom. The SMILES string of the molecule is CCC(C)[C@H](NC(=O)c1ccc(CSC)o1)C(=O)O. The highest BCUT2D eigenvalue weighted by Crippen LogP contribution is 2.14. The van der Waals surface area contributed by atoms with Gasteiger partial charge >= 0.3 is 5.97 Å². The average molecular weight is 285 g/mol. The molecule has 0 radical (unpaired) electrons. The zero-order valence-corrected chi connectivity index (χ0v) is 12.1. The van der Waals surface area contributed by atoms with E-state index < -0.39 is 17.9 Å². The summed E-state index contributed by atoms with van der Waals surface area (Å²) in [4.78, 5) is 23.0. The monoisotopic (exact) mass is 285 g/mol. The van der Waals surface area contributed by atoms with Gasteiger partial charge in [-0.25, -0.2) is 4.79 Å². The van der Waals surface area contributed by atoms with Crippen molar-refractivity contribution in [3.8, 4) is 0 Å². The molecule has 19 heavy (non-hydrogen) atoms. The van der Waals surface area contributed by atoms with Gasteiger partial charge in [-0.15, -0.1) is 0 Å². The number of amides is 1. The fraction of sp³-hybridized carbons (Fsp3) is 0.538. The van der Waals surface area contributed by atoms with E-state index >= 15 is 0 Å². The van der Waals surface area contributed by atoms with E-state index in [-0.39, 0.29) is 11.7 Å². The van der Waals surface area contributed by atoms with E-state index in [1.165, 1.54) is 0 Å². The van der Waals surface area contributed by atoms with Crippen LogP contribution in [0.25, 0.3) is 0 Å². The summed E-state index contributed by atoms with van der Waals surface area (Å²) in [6.45, 7) is 3.68. The molecule has 5 nitrogen and oxygen atoms in total. The summed E-state index contributed by atoms with van der Waals surface area (Å²) in [5.74, 6) is -0.117. The lowest BCUT2D eigenvalue weighted by Gasteiger charge is -2.19. The van der Waals surface area contributed by atoms with Gasteiger partial charge in [0.1, 0.15) is 11.8 Å². The van der Waals surface area contributed by atoms with Gasteiger partial charge in [0.25, 0.3) is 5.91 Å². The molecule has 1 aromatic rings. The fourth-order valence-electron chi connectivity index (χ4n) is 1.62. The van der Waals surface area contributed by atoms with Crippen LogP contribution in [-0.2, 0) is 10.5 Å². The third-order valence-electron chi connectivity index (χ3n) is 2.94. The Balaban J connectivity index is 2.73. The van der Waals surface area contributed by atoms with E-state index in [1.807, 2.05) is 13.2 Å². The van der Waals surface area contributed by atoms with Crippen LogP contribution < -0.4 is 5.32 Å². The van der Waals surface area contributed by atoms with Crippen molar-refractivity contribution >= 4 is 23.6 Å². The summed E-state index contributed by atoms with van der Waals surface area (Å²) >= 11 is 1.59. The van der Waals surface area contributed by atoms with Crippen molar-refractivity contribution in [3.63, 3.8) is 0 Å². The Hall–Kier alpha value is -1.43. The highest BCUT2D eigenvalue weighted by atomic mass is 32.2. The van der Waals surface area contributed by atoms with Gasteiger partial charge in [-0.2, -0.15) is 11.8 Å². The molecule has 0 saturated carbocycles. The lowest BCUT2D eigenvalue weighted by Crippen LogP contribution is -2.44. The van der Waals surface area contributed by atoms with Crippen LogP contribution in [0, 0.1) is 5.92 Å². The Kier molecular flexibility index (Phi) is 5.95. The van der Waals surface area contributed by atoms with Gasteiger partial charge in [-0.05, 0) is 24.3 Å². The maximum absolute atomic E-state index is 11.9. The largest absolute Gasteiger partial charge is 0.480 e. The van der Waals surface area contributed by atoms with Gasteiger partial charge in [0.15, 0.2) is 5.76 Å². The first-order valence-corrected chi connectivity index (χ1v) is 7.50. The van der Waals surface area contributed by atoms with Crippen molar-refractivity contribution in [1.82, 2.24) is 5.32 Å². The number of rotatable bonds is 7. The Labute approximate surface area is 116 Å². The number of carbonyl (C=O) groups excluding carboxylic acids is 1. The number of carboxylic acid groups (broad SMARTS) is 1. The molecule has 0 aliphatic rings. The smallest absolute Gasteiger partial charge is 0.326 e. The number of aliphatic carboxylic acids is 1. The first-order valence-electron chi connectivity index (χ1n) is 6.10. The van der Waals surface area contributed by atoms with Crippen molar-refractivity contribution in [2.75, 3.05) is 6.26 Å². The Bertz CT molecular complexity index is 444. The molecule has 0 bridgehead atoms. The average Bonchev–Trinajstić information content (AvgIpc) is 2.83. The van der Waals surface area contributed by atoms with E-state index in [0.29, 0.717) is 17.9 Å². The maximum Gasteiger partial charge on any atom is 0.326 e. The van der Waals surface area contributed by atoms with Crippen LogP contribution in [0.1, 0.15) is 36.6 Å². The molecule has 1 amide bonds. The lowest BCUT2D eigenvalue weighted by atomic mass is 9.99. The molecule has 0 fully saturated rings. The minimum Gasteiger partial charge on any atom is -0.480 e. The van der Waals surface area contributed by atoms with Crippen molar-refractivity contribution in [2.24, 2.45) is 5.92 Å². The molecule has 0 aliphatic carbocycles. The van der Waals surface area contributed by atoms with Crippen molar-refractivity contribution in [2.45, 2.75) is 32.1 Å². The van der Waals surface area contributed by atoms with Crippen molar-refractivity contribution in [3.05, 3.63) is 23.7 Å². The van der Waals surface area contributed by atoms with Crippen LogP contribution >= 0.6 is 11.8 Å². The van der Waals surface area contributed by atoms with E-state index in [2.05, 4.69) is 5.32 Å². The summed E-state index contributed by atoms with van der Waals surface area (Å²) in [5, 5.41) is 11.6. The van der Waals surface area contributed by atoms with E-state index in [9.17, 15) is 9.59 Å². The maximum atomic E-state index is 11.9. The lowest BCUT2D eigenvalue weighted by molar-refractivity contribution is -0.140. The Morgan fingerprint density at radius 2 is 2.16 bits per heavy atom. The molecular formula is C13H19NO4S. The standard InChI is InChI=1S/C13H19NO4S/c1-4-8(2)11(13(16)17)14-12(15)10-6-5-9(18-10)7-19-3/h5-6,8,11H,4,7H2,1-3H3,(H,14,15)(H,16,17)/t8?,11-/m0/s1. The van der Waals surface area contributed by atoms with E-state index in [1.54, 1.807) is 30.8 Å². The number of furan rings is 1. The summed E-state index contributed by atoms with van der Waals surface area (Å²) < 4.78 is 5.35. The van der Waals surface area contributed by atoms with Crippen LogP contribution in [0.3, 0.4) is 0 Å². The third kappa shape index (κ3) is 4.31. The molecule has 0 aliphatic heterocycles. The quantitative estimate of drug-likeness (QED) is 0.804. The number of thioether (sulfide) groups is 1. The fourth-order valence-corrected chi connectivity index (χ4v) is 2.05. The van der Waals surface area contributed by atoms with Crippen LogP contribution in [0.4, 0.5) is 0 Å². The van der Waals surface area contributed by atoms with Crippen LogP contribution in [-0.4, -0.2) is 29.3 Å². The summed E-state index contributed by atoms with van der Waals surface area (Å²) in [5.41, 5.74) is 0. The highest BCUT2D eigenvalue weighted by Gasteiger charge is 2.26. The Morgan fingerprint density at radius 3 is 2.68 bits per heavy atom. The zero-order valence-electron chi connectivity index (χ0n) is 11.3. The summed E-state index contributed by atoms with van der Waals surface area (Å²) in [6.07, 6.45) is 2.61. The zero-order chi connectivity index (χ0) is 14.4. The van der Waals surface area contributed by atoms with Gasteiger partial charge in [-0.3, -0.25) is 4.79 Å². The van der Waals surface area contributed by atoms with Gasteiger partial charge < -0.3 is 14.8 Å². The van der Waals surface area contributed by atoms with Crippen LogP contribution in [0.2, 0.25) is 0 Å². The minimum absolute atomic E-state index is 0.137. The summed E-state index contributed by atoms with van der Waals surface area (Å²) in [7, 11) is 0. The van der Waals surface area contributed by atoms with Gasteiger partial charge in [0.05, 0.1) is 5.75 Å². The number of carboxylic acids is 1. The second-order valence-electron chi connectivity index (χ2n) is 4.37. The van der Waals surface area contributed by atoms with E-state index in [4.69, 9.17) is 9.52 Å². The molecule has 1 heterocycles. The van der Waals surface area contributed by atoms with Gasteiger partial charge in [-0.1, -0.05) is 20.3 Å². The number of hydrogen-bond acceptors (Lipinski definition) is 4. The van der Waals surface area contributed by atoms with Gasteiger partial charge in [0.2, 0.25) is 0 Å². The normalized spacial score (nSPS) is 13.8. The molecule has 1 rings (SSSR count). The molecular weight excluding hydrogens is 266 g/mol. The number of carbonyl (C=O) groups is 2. The predicted octanol–water partition coefficient (Wildman–Crippen LogP) is 2.37. The molecule has 0 saturated heterocycles. The molecule has 0 aromatic carbocycles. The van der Waals surface area contributed by atoms with Crippen molar-refractivity contribution in [1.29, 1.82) is 0 Å². The molecule has 1 aromatic heterocycles. The molecule has 2 atom stereocenters. The summed E-state index contributed by atoms with van der Waals surface area (Å²) in [6, 6.07) is 2.40. The van der Waals surface area contributed by atoms with E-state index in [0.717, 1.165) is 0 Å². The number of nitrogens with one attached hydrogen (secondary N) is 1. The van der Waals surface area contributed by atoms with Gasteiger partial charge in [0, 0.05) is 0 Å². The molecule has 0 spiro atoms. The molecule has 1 unspecified atom stereocenters. The second kappa shape index (κ2) is 7.23. The topological polar surface area (TPSA) is 79.5 Å². The molecule has 6 heteroatoms. The van der Waals surface area contributed by atoms with Crippen LogP contribution in [0.5, 0.6) is 0 Å². The first-order chi connectivity index (χ1) is 8.99. The molecule has 106 valence electrons. The first kappa shape index (κ1) is 15.6. The number of hydrogen-bond donors (Lipinski definition) is 2. The predicted molar refractivity (Wildman–Crippen MR) is 74.3 cm³/mol. The van der Waals surface area contributed by atoms with Crippen LogP contribution in [0.15, 0.2) is 16.5 Å².